The molecule has 2 aliphatic heterocycles. The van der Waals surface area contributed by atoms with Crippen molar-refractivity contribution in [2.45, 2.75) is 37.6 Å². The zero-order chi connectivity index (χ0) is 29.0. The normalized spacial score (nSPS) is 19.5. The fourth-order valence-electron chi connectivity index (χ4n) is 6.97. The molecule has 1 N–H and O–H groups in total. The van der Waals surface area contributed by atoms with Crippen LogP contribution in [0, 0.1) is 5.82 Å². The first-order valence-corrected chi connectivity index (χ1v) is 14.7. The fraction of sp³-hybridized carbons (Fsp3) is 0.375. The molecule has 10 heteroatoms. The summed E-state index contributed by atoms with van der Waals surface area (Å²) >= 11 is 0. The van der Waals surface area contributed by atoms with Gasteiger partial charge < -0.3 is 19.7 Å². The fourth-order valence-corrected chi connectivity index (χ4v) is 6.97. The lowest BCUT2D eigenvalue weighted by Crippen LogP contribution is -2.34. The second-order valence-electron chi connectivity index (χ2n) is 11.6. The smallest absolute Gasteiger partial charge is 0.259 e. The van der Waals surface area contributed by atoms with E-state index in [1.54, 1.807) is 24.7 Å². The predicted molar refractivity (Wildman–Crippen MR) is 162 cm³/mol. The molecule has 9 nitrogen and oxygen atoms in total. The van der Waals surface area contributed by atoms with Gasteiger partial charge in [-0.1, -0.05) is 12.1 Å². The van der Waals surface area contributed by atoms with Crippen LogP contribution in [0.15, 0.2) is 59.8 Å². The van der Waals surface area contributed by atoms with Crippen LogP contribution in [-0.2, 0) is 7.05 Å². The van der Waals surface area contributed by atoms with Gasteiger partial charge in [0.15, 0.2) is 0 Å². The summed E-state index contributed by atoms with van der Waals surface area (Å²) in [4.78, 5) is 40.7. The van der Waals surface area contributed by atoms with Crippen molar-refractivity contribution in [1.82, 2.24) is 29.2 Å². The minimum absolute atomic E-state index is 0.0389. The number of aromatic nitrogens is 4. The number of rotatable bonds is 6. The summed E-state index contributed by atoms with van der Waals surface area (Å²) in [5.74, 6) is -0.763. The lowest BCUT2D eigenvalue weighted by Gasteiger charge is -2.21. The van der Waals surface area contributed by atoms with Crippen molar-refractivity contribution in [2.75, 3.05) is 38.1 Å². The van der Waals surface area contributed by atoms with Gasteiger partial charge in [-0.15, -0.1) is 0 Å². The molecule has 0 aliphatic carbocycles. The zero-order valence-corrected chi connectivity index (χ0v) is 23.9. The Morgan fingerprint density at radius 3 is 2.67 bits per heavy atom. The van der Waals surface area contributed by atoms with Crippen molar-refractivity contribution in [2.24, 2.45) is 7.05 Å². The second kappa shape index (κ2) is 10.5. The van der Waals surface area contributed by atoms with Crippen LogP contribution in [0.25, 0.3) is 27.6 Å². The molecule has 0 bridgehead atoms. The Kier molecular flexibility index (Phi) is 6.65. The molecule has 2 atom stereocenters. The third-order valence-corrected chi connectivity index (χ3v) is 9.21. The van der Waals surface area contributed by atoms with Gasteiger partial charge in [-0.3, -0.25) is 24.0 Å². The van der Waals surface area contributed by atoms with E-state index in [9.17, 15) is 9.59 Å². The molecule has 5 heterocycles. The number of nitrogens with zero attached hydrogens (tertiary/aromatic N) is 6. The number of hydrogen-bond acceptors (Lipinski definition) is 6. The van der Waals surface area contributed by atoms with E-state index in [0.29, 0.717) is 42.5 Å². The van der Waals surface area contributed by atoms with Crippen molar-refractivity contribution in [3.8, 4) is 0 Å². The standard InChI is InChI=1S/C32H34FN7O2/c1-37-14-5-6-21(37)9-11-36-31(42)29-30(41)22-16-23(33)28(39-15-10-20(19-39)24-18-34-12-13-35-24)17-27(22)40-26-8-4-3-7-25(26)38(2)32(29)40/h3-4,7-8,12-13,16-18,20-21H,5-6,9-11,14-15,19H2,1-2H3,(H,36,42). The topological polar surface area (TPSA) is 87.8 Å². The monoisotopic (exact) mass is 567 g/mol. The Bertz CT molecular complexity index is 1880. The summed E-state index contributed by atoms with van der Waals surface area (Å²) in [7, 11) is 3.97. The minimum atomic E-state index is -0.477. The van der Waals surface area contributed by atoms with Crippen molar-refractivity contribution in [3.63, 3.8) is 0 Å². The lowest BCUT2D eigenvalue weighted by atomic mass is 10.1. The predicted octanol–water partition coefficient (Wildman–Crippen LogP) is 4.08. The molecule has 3 aromatic heterocycles. The number of benzene rings is 2. The molecule has 2 aliphatic rings. The van der Waals surface area contributed by atoms with Crippen LogP contribution in [0.1, 0.15) is 47.7 Å². The highest BCUT2D eigenvalue weighted by molar-refractivity contribution is 6.06. The van der Waals surface area contributed by atoms with Gasteiger partial charge in [-0.05, 0) is 63.5 Å². The van der Waals surface area contributed by atoms with Gasteiger partial charge in [0.1, 0.15) is 17.0 Å². The van der Waals surface area contributed by atoms with E-state index in [1.807, 2.05) is 45.2 Å². The van der Waals surface area contributed by atoms with E-state index in [2.05, 4.69) is 27.2 Å². The summed E-state index contributed by atoms with van der Waals surface area (Å²) in [6.45, 7) is 2.79. The molecule has 7 rings (SSSR count). The van der Waals surface area contributed by atoms with E-state index in [-0.39, 0.29) is 16.9 Å². The average molecular weight is 568 g/mol. The van der Waals surface area contributed by atoms with Gasteiger partial charge in [0.05, 0.1) is 33.3 Å². The number of amides is 1. The Morgan fingerprint density at radius 1 is 1.07 bits per heavy atom. The van der Waals surface area contributed by atoms with Gasteiger partial charge in [-0.2, -0.15) is 0 Å². The average Bonchev–Trinajstić information content (AvgIpc) is 3.72. The Labute approximate surface area is 242 Å². The third kappa shape index (κ3) is 4.32. The Morgan fingerprint density at radius 2 is 1.90 bits per heavy atom. The van der Waals surface area contributed by atoms with Crippen molar-refractivity contribution >= 4 is 39.2 Å². The first kappa shape index (κ1) is 26.6. The zero-order valence-electron chi connectivity index (χ0n) is 23.9. The van der Waals surface area contributed by atoms with E-state index < -0.39 is 17.2 Å². The van der Waals surface area contributed by atoms with Crippen LogP contribution in [0.3, 0.4) is 0 Å². The second-order valence-corrected chi connectivity index (χ2v) is 11.6. The van der Waals surface area contributed by atoms with Gasteiger partial charge >= 0.3 is 0 Å². The molecular formula is C32H34FN7O2. The van der Waals surface area contributed by atoms with Crippen LogP contribution in [-0.4, -0.2) is 69.0 Å². The quantitative estimate of drug-likeness (QED) is 0.333. The molecule has 5 aromatic rings. The number of likely N-dealkylation sites (tertiary alicyclic amines) is 1. The highest BCUT2D eigenvalue weighted by Gasteiger charge is 2.29. The molecule has 1 amide bonds. The van der Waals surface area contributed by atoms with Crippen LogP contribution in [0.5, 0.6) is 0 Å². The summed E-state index contributed by atoms with van der Waals surface area (Å²) in [5, 5.41) is 3.19. The van der Waals surface area contributed by atoms with Gasteiger partial charge in [-0.25, -0.2) is 4.39 Å². The summed E-state index contributed by atoms with van der Waals surface area (Å²) in [6.07, 6.45) is 9.01. The highest BCUT2D eigenvalue weighted by atomic mass is 19.1. The largest absolute Gasteiger partial charge is 0.368 e. The maximum absolute atomic E-state index is 15.8. The summed E-state index contributed by atoms with van der Waals surface area (Å²) < 4.78 is 19.6. The number of fused-ring (bicyclic) bond motifs is 5. The van der Waals surface area contributed by atoms with Gasteiger partial charge in [0, 0.05) is 57.2 Å². The Balaban J connectivity index is 1.33. The number of nitrogens with one attached hydrogen (secondary N) is 1. The van der Waals surface area contributed by atoms with E-state index >= 15 is 4.39 Å². The van der Waals surface area contributed by atoms with E-state index in [1.165, 1.54) is 6.07 Å². The highest BCUT2D eigenvalue weighted by Crippen LogP contribution is 2.34. The maximum Gasteiger partial charge on any atom is 0.259 e. The maximum atomic E-state index is 15.8. The first-order valence-electron chi connectivity index (χ1n) is 14.7. The molecule has 2 saturated heterocycles. The van der Waals surface area contributed by atoms with Crippen LogP contribution in [0.4, 0.5) is 10.1 Å². The molecular weight excluding hydrogens is 533 g/mol. The number of anilines is 1. The van der Waals surface area contributed by atoms with Crippen molar-refractivity contribution < 1.29 is 9.18 Å². The number of imidazole rings is 1. The van der Waals surface area contributed by atoms with Crippen molar-refractivity contribution in [3.05, 3.63) is 82.3 Å². The molecule has 0 saturated carbocycles. The molecule has 0 spiro atoms. The molecule has 2 unspecified atom stereocenters. The number of carbonyl (C=O) groups is 1. The lowest BCUT2D eigenvalue weighted by molar-refractivity contribution is 0.0950. The summed E-state index contributed by atoms with van der Waals surface area (Å²) in [6, 6.07) is 11.3. The van der Waals surface area contributed by atoms with Gasteiger partial charge in [0.25, 0.3) is 5.91 Å². The van der Waals surface area contributed by atoms with Gasteiger partial charge in [0.2, 0.25) is 5.43 Å². The van der Waals surface area contributed by atoms with Crippen LogP contribution < -0.4 is 15.6 Å². The molecule has 216 valence electrons. The van der Waals surface area contributed by atoms with Crippen molar-refractivity contribution in [1.29, 1.82) is 0 Å². The molecule has 2 fully saturated rings. The van der Waals surface area contributed by atoms with E-state index in [4.69, 9.17) is 0 Å². The van der Waals surface area contributed by atoms with Crippen LogP contribution >= 0.6 is 0 Å². The molecule has 0 radical (unpaired) electrons. The number of hydrogen-bond donors (Lipinski definition) is 1. The molecule has 2 aromatic carbocycles. The summed E-state index contributed by atoms with van der Waals surface area (Å²) in [5.41, 5.74) is 3.71. The number of aryl methyl sites for hydroxylation is 1. The van der Waals surface area contributed by atoms with Crippen LogP contribution in [0.2, 0.25) is 0 Å². The Hall–Kier alpha value is -4.31. The molecule has 42 heavy (non-hydrogen) atoms. The number of pyridine rings is 1. The third-order valence-electron chi connectivity index (χ3n) is 9.21. The number of halogens is 1. The number of para-hydroxylation sites is 2. The minimum Gasteiger partial charge on any atom is -0.368 e. The SMILES string of the molecule is CN1CCCC1CCNC(=O)c1c(=O)c2cc(F)c(N3CCC(c4cnccn4)C3)cc2n2c3ccccc3n(C)c12. The van der Waals surface area contributed by atoms with E-state index in [0.717, 1.165) is 49.0 Å². The number of carbonyl (C=O) groups excluding carboxylic acids is 1. The first-order chi connectivity index (χ1) is 20.4.